The monoisotopic (exact) mass is 505 g/mol. The van der Waals surface area contributed by atoms with Crippen molar-refractivity contribution in [3.8, 4) is 0 Å². The maximum absolute atomic E-state index is 17.2. The second-order valence-electron chi connectivity index (χ2n) is 12.6. The summed E-state index contributed by atoms with van der Waals surface area (Å²) in [5, 5.41) is 24.1. The van der Waals surface area contributed by atoms with Gasteiger partial charge in [0.1, 0.15) is 17.5 Å². The maximum atomic E-state index is 17.2. The molecule has 2 spiro atoms. The number of hydrogen-bond donors (Lipinski definition) is 3. The van der Waals surface area contributed by atoms with Crippen LogP contribution in [0.25, 0.3) is 16.3 Å². The zero-order valence-corrected chi connectivity index (χ0v) is 21.7. The second kappa shape index (κ2) is 7.41. The molecule has 5 aliphatic rings. The topological polar surface area (TPSA) is 91.8 Å². The molecule has 196 valence electrons. The van der Waals surface area contributed by atoms with Crippen LogP contribution in [0.2, 0.25) is 0 Å². The fraction of sp³-hybridized carbons (Fsp3) is 0.567. The molecule has 4 N–H and O–H groups in total. The number of aliphatic hydroxyl groups is 2. The van der Waals surface area contributed by atoms with Crippen LogP contribution in [0.3, 0.4) is 0 Å². The van der Waals surface area contributed by atoms with Gasteiger partial charge in [0.2, 0.25) is 0 Å². The number of fused-ring (bicyclic) bond motifs is 2. The number of nitrogens with two attached hydrogens (primary N) is 1. The average molecular weight is 506 g/mol. The van der Waals surface area contributed by atoms with Crippen molar-refractivity contribution in [2.45, 2.75) is 80.6 Å². The summed E-state index contributed by atoms with van der Waals surface area (Å²) in [7, 11) is 3.83. The Morgan fingerprint density at radius 1 is 1.11 bits per heavy atom. The Morgan fingerprint density at radius 3 is 2.70 bits per heavy atom. The number of nitrogen functional groups attached to an aromatic ring is 1. The predicted molar refractivity (Wildman–Crippen MR) is 141 cm³/mol. The van der Waals surface area contributed by atoms with Gasteiger partial charge in [0.25, 0.3) is 0 Å². The first-order valence-electron chi connectivity index (χ1n) is 13.5. The fourth-order valence-electron chi connectivity index (χ4n) is 8.76. The number of aromatic nitrogens is 1. The van der Waals surface area contributed by atoms with Crippen molar-refractivity contribution < 1.29 is 19.3 Å². The summed E-state index contributed by atoms with van der Waals surface area (Å²) in [6.45, 7) is 2.28. The molecule has 37 heavy (non-hydrogen) atoms. The number of rotatable bonds is 2. The summed E-state index contributed by atoms with van der Waals surface area (Å²) in [5.74, 6) is 0.490. The van der Waals surface area contributed by atoms with Crippen LogP contribution in [0, 0.1) is 11.3 Å². The number of benzene rings is 1. The molecule has 0 amide bonds. The van der Waals surface area contributed by atoms with E-state index in [9.17, 15) is 10.2 Å². The molecule has 1 aromatic heterocycles. The van der Waals surface area contributed by atoms with Crippen LogP contribution in [0.5, 0.6) is 0 Å². The summed E-state index contributed by atoms with van der Waals surface area (Å²) in [6, 6.07) is 8.06. The third-order valence-corrected chi connectivity index (χ3v) is 10.7. The minimum Gasteiger partial charge on any atom is -0.388 e. The highest BCUT2D eigenvalue weighted by atomic mass is 19.1. The molecule has 3 fully saturated rings. The minimum atomic E-state index is -1.66. The number of alkyl halides is 1. The number of nitrogens with zero attached hydrogens (tertiary/aromatic N) is 2. The van der Waals surface area contributed by atoms with Crippen molar-refractivity contribution in [3.05, 3.63) is 53.8 Å². The van der Waals surface area contributed by atoms with Crippen molar-refractivity contribution >= 4 is 22.2 Å². The van der Waals surface area contributed by atoms with Crippen LogP contribution < -0.4 is 5.73 Å². The van der Waals surface area contributed by atoms with Crippen molar-refractivity contribution in [2.24, 2.45) is 11.3 Å². The third kappa shape index (κ3) is 2.92. The Bertz CT molecular complexity index is 1380. The number of likely N-dealkylation sites (N-methyl/N-ethyl adjacent to an activating group) is 1. The molecule has 1 saturated heterocycles. The van der Waals surface area contributed by atoms with Crippen LogP contribution in [0.15, 0.2) is 48.2 Å². The van der Waals surface area contributed by atoms with Crippen molar-refractivity contribution in [3.63, 3.8) is 0 Å². The molecule has 3 aliphatic carbocycles. The molecule has 7 rings (SSSR count). The van der Waals surface area contributed by atoms with Gasteiger partial charge in [-0.1, -0.05) is 25.1 Å². The van der Waals surface area contributed by atoms with E-state index in [2.05, 4.69) is 36.2 Å². The number of allylic oxidation sites excluding steroid dienone is 2. The number of ether oxygens (including phenoxy) is 1. The first-order valence-corrected chi connectivity index (χ1v) is 13.5. The van der Waals surface area contributed by atoms with Gasteiger partial charge in [-0.15, -0.1) is 0 Å². The van der Waals surface area contributed by atoms with E-state index in [1.54, 1.807) is 12.3 Å². The Balaban J connectivity index is 1.30. The van der Waals surface area contributed by atoms with E-state index in [1.807, 2.05) is 25.1 Å². The zero-order valence-electron chi connectivity index (χ0n) is 21.7. The summed E-state index contributed by atoms with van der Waals surface area (Å²) >= 11 is 0. The lowest BCUT2D eigenvalue weighted by Gasteiger charge is -2.60. The van der Waals surface area contributed by atoms with Gasteiger partial charge < -0.3 is 25.6 Å². The van der Waals surface area contributed by atoms with E-state index in [4.69, 9.17) is 10.5 Å². The van der Waals surface area contributed by atoms with Crippen molar-refractivity contribution in [1.29, 1.82) is 0 Å². The molecule has 6 nitrogen and oxygen atoms in total. The van der Waals surface area contributed by atoms with Gasteiger partial charge in [-0.2, -0.15) is 0 Å². The fourth-order valence-corrected chi connectivity index (χ4v) is 8.76. The summed E-state index contributed by atoms with van der Waals surface area (Å²) in [6.07, 6.45) is 7.34. The number of aliphatic hydroxyl groups excluding tert-OH is 2. The number of pyridine rings is 1. The van der Waals surface area contributed by atoms with Gasteiger partial charge in [-0.3, -0.25) is 0 Å². The molecule has 3 heterocycles. The minimum absolute atomic E-state index is 0.00840. The van der Waals surface area contributed by atoms with Crippen LogP contribution in [0.4, 0.5) is 10.2 Å². The normalized spacial score (nSPS) is 44.3. The van der Waals surface area contributed by atoms with Gasteiger partial charge in [-0.25, -0.2) is 9.37 Å². The SMILES string of the molecule is CN(C)C1CC23CCC4(O2)C2CC=C(c5ccc6cnc(N)cc6c5)C2(C)CCC4(F)C=C3C(O)C1O. The highest BCUT2D eigenvalue weighted by Crippen LogP contribution is 2.71. The van der Waals surface area contributed by atoms with Crippen molar-refractivity contribution in [1.82, 2.24) is 9.88 Å². The Kier molecular flexibility index (Phi) is 4.76. The summed E-state index contributed by atoms with van der Waals surface area (Å²) < 4.78 is 24.2. The quantitative estimate of drug-likeness (QED) is 0.534. The average Bonchev–Trinajstić information content (AvgIpc) is 3.39. The molecule has 1 aromatic carbocycles. The number of hydrogen-bond acceptors (Lipinski definition) is 6. The van der Waals surface area contributed by atoms with Gasteiger partial charge in [-0.05, 0) is 98.3 Å². The first kappa shape index (κ1) is 23.8. The molecule has 2 bridgehead atoms. The Labute approximate surface area is 217 Å². The lowest BCUT2D eigenvalue weighted by molar-refractivity contribution is -0.239. The Morgan fingerprint density at radius 2 is 1.92 bits per heavy atom. The molecular formula is C30H36FN3O3. The van der Waals surface area contributed by atoms with Gasteiger partial charge in [0, 0.05) is 23.5 Å². The highest BCUT2D eigenvalue weighted by molar-refractivity contribution is 5.88. The Hall–Kier alpha value is -2.32. The van der Waals surface area contributed by atoms with E-state index in [0.29, 0.717) is 43.5 Å². The van der Waals surface area contributed by atoms with Crippen LogP contribution in [0.1, 0.15) is 51.0 Å². The molecule has 0 radical (unpaired) electrons. The van der Waals surface area contributed by atoms with E-state index >= 15 is 4.39 Å². The lowest BCUT2D eigenvalue weighted by Crippen LogP contribution is -2.68. The molecule has 2 saturated carbocycles. The maximum Gasteiger partial charge on any atom is 0.158 e. The third-order valence-electron chi connectivity index (χ3n) is 10.7. The summed E-state index contributed by atoms with van der Waals surface area (Å²) in [5.41, 5.74) is 5.37. The summed E-state index contributed by atoms with van der Waals surface area (Å²) in [4.78, 5) is 6.16. The van der Waals surface area contributed by atoms with Crippen LogP contribution in [-0.4, -0.2) is 69.3 Å². The zero-order chi connectivity index (χ0) is 26.0. The van der Waals surface area contributed by atoms with Crippen LogP contribution in [-0.2, 0) is 4.74 Å². The van der Waals surface area contributed by atoms with Crippen LogP contribution >= 0.6 is 0 Å². The predicted octanol–water partition coefficient (Wildman–Crippen LogP) is 4.01. The smallest absolute Gasteiger partial charge is 0.158 e. The van der Waals surface area contributed by atoms with E-state index in [0.717, 1.165) is 22.8 Å². The second-order valence-corrected chi connectivity index (χ2v) is 12.6. The molecule has 7 heteroatoms. The largest absolute Gasteiger partial charge is 0.388 e. The highest BCUT2D eigenvalue weighted by Gasteiger charge is 2.74. The molecular weight excluding hydrogens is 469 g/mol. The number of anilines is 1. The van der Waals surface area contributed by atoms with Crippen molar-refractivity contribution in [2.75, 3.05) is 19.8 Å². The molecule has 8 unspecified atom stereocenters. The van der Waals surface area contributed by atoms with Gasteiger partial charge in [0.05, 0.1) is 11.7 Å². The van der Waals surface area contributed by atoms with Gasteiger partial charge >= 0.3 is 0 Å². The van der Waals surface area contributed by atoms with E-state index < -0.39 is 29.1 Å². The van der Waals surface area contributed by atoms with E-state index in [-0.39, 0.29) is 17.4 Å². The lowest BCUT2D eigenvalue weighted by atomic mass is 9.53. The molecule has 8 atom stereocenters. The number of halogens is 1. The van der Waals surface area contributed by atoms with E-state index in [1.165, 1.54) is 5.57 Å². The first-order chi connectivity index (χ1) is 17.5. The molecule has 2 aliphatic heterocycles. The molecule has 2 aromatic rings. The standard InChI is InChI=1S/C30H36FN3O3/c1-27-8-10-29(31)14-21-25(35)26(36)22(34(2)3)15-28(21)9-11-30(29,37-28)23(27)7-6-20(27)17-4-5-18-16-33-24(32)13-19(18)12-17/h4-6,12-14,16,22-23,25-26,35-36H,7-11,15H2,1-3H3,(H2,32,33). The van der Waals surface area contributed by atoms with Gasteiger partial charge in [0.15, 0.2) is 5.67 Å².